The number of nitrogens with zero attached hydrogens (tertiary/aromatic N) is 2. The van der Waals surface area contributed by atoms with Crippen LogP contribution in [0.4, 0.5) is 5.82 Å². The minimum absolute atomic E-state index is 0.415. The molecule has 0 aliphatic rings. The standard InChI is InChI=1S/C10H7N3S2/c11-6-8-9(12)13(10(14)15-8)7-4-2-1-3-5-7/h1-5H,12H2. The summed E-state index contributed by atoms with van der Waals surface area (Å²) < 4.78 is 2.30. The summed E-state index contributed by atoms with van der Waals surface area (Å²) in [4.78, 5) is 0.462. The van der Waals surface area contributed by atoms with Crippen LogP contribution >= 0.6 is 23.6 Å². The minimum Gasteiger partial charge on any atom is -0.383 e. The fourth-order valence-corrected chi connectivity index (χ4v) is 2.45. The lowest BCUT2D eigenvalue weighted by molar-refractivity contribution is 1.08. The number of nitriles is 1. The maximum Gasteiger partial charge on any atom is 0.168 e. The number of hydrogen-bond acceptors (Lipinski definition) is 4. The number of rotatable bonds is 1. The number of aromatic nitrogens is 1. The fraction of sp³-hybridized carbons (Fsp3) is 0. The zero-order valence-corrected chi connectivity index (χ0v) is 9.31. The van der Waals surface area contributed by atoms with Gasteiger partial charge in [-0.15, -0.1) is 0 Å². The van der Waals surface area contributed by atoms with Gasteiger partial charge in [0, 0.05) is 5.69 Å². The molecule has 0 atom stereocenters. The minimum atomic E-state index is 0.415. The number of hydrogen-bond donors (Lipinski definition) is 1. The maximum atomic E-state index is 8.82. The number of benzene rings is 1. The van der Waals surface area contributed by atoms with E-state index in [1.54, 1.807) is 4.57 Å². The molecule has 0 aliphatic carbocycles. The van der Waals surface area contributed by atoms with Crippen molar-refractivity contribution in [1.29, 1.82) is 5.26 Å². The van der Waals surface area contributed by atoms with Crippen molar-refractivity contribution in [3.05, 3.63) is 39.2 Å². The Morgan fingerprint density at radius 3 is 2.53 bits per heavy atom. The van der Waals surface area contributed by atoms with Gasteiger partial charge >= 0.3 is 0 Å². The van der Waals surface area contributed by atoms with Crippen molar-refractivity contribution in [1.82, 2.24) is 4.57 Å². The van der Waals surface area contributed by atoms with Crippen LogP contribution in [0.1, 0.15) is 4.88 Å². The van der Waals surface area contributed by atoms with Gasteiger partial charge in [0.25, 0.3) is 0 Å². The first-order valence-corrected chi connectivity index (χ1v) is 5.43. The van der Waals surface area contributed by atoms with Gasteiger partial charge in [0.1, 0.15) is 16.8 Å². The van der Waals surface area contributed by atoms with Gasteiger partial charge in [-0.3, -0.25) is 4.57 Å². The van der Waals surface area contributed by atoms with E-state index in [-0.39, 0.29) is 0 Å². The van der Waals surface area contributed by atoms with Crippen LogP contribution in [0.2, 0.25) is 0 Å². The van der Waals surface area contributed by atoms with Crippen molar-refractivity contribution in [2.45, 2.75) is 0 Å². The van der Waals surface area contributed by atoms with Crippen molar-refractivity contribution in [3.63, 3.8) is 0 Å². The summed E-state index contributed by atoms with van der Waals surface area (Å²) >= 11 is 6.39. The van der Waals surface area contributed by atoms with Crippen LogP contribution in [0.3, 0.4) is 0 Å². The van der Waals surface area contributed by atoms with E-state index in [4.69, 9.17) is 23.2 Å². The normalized spacial score (nSPS) is 9.80. The summed E-state index contributed by atoms with van der Waals surface area (Å²) in [5.41, 5.74) is 6.72. The van der Waals surface area contributed by atoms with Gasteiger partial charge in [-0.25, -0.2) is 0 Å². The first-order chi connectivity index (χ1) is 7.24. The third-order valence-electron chi connectivity index (χ3n) is 1.96. The highest BCUT2D eigenvalue weighted by Gasteiger charge is 2.09. The second kappa shape index (κ2) is 3.85. The average Bonchev–Trinajstić information content (AvgIpc) is 2.55. The molecule has 2 N–H and O–H groups in total. The van der Waals surface area contributed by atoms with Crippen LogP contribution < -0.4 is 5.73 Å². The Morgan fingerprint density at radius 1 is 1.33 bits per heavy atom. The van der Waals surface area contributed by atoms with Gasteiger partial charge in [-0.2, -0.15) is 5.26 Å². The Bertz CT molecular complexity index is 575. The van der Waals surface area contributed by atoms with E-state index in [0.717, 1.165) is 5.69 Å². The van der Waals surface area contributed by atoms with Gasteiger partial charge in [0.15, 0.2) is 3.95 Å². The second-order valence-electron chi connectivity index (χ2n) is 2.87. The van der Waals surface area contributed by atoms with Gasteiger partial charge in [0.05, 0.1) is 0 Å². The molecule has 15 heavy (non-hydrogen) atoms. The molecule has 0 radical (unpaired) electrons. The summed E-state index contributed by atoms with van der Waals surface area (Å²) in [6, 6.07) is 11.6. The zero-order chi connectivity index (χ0) is 10.8. The van der Waals surface area contributed by atoms with E-state index in [0.29, 0.717) is 14.6 Å². The Labute approximate surface area is 96.0 Å². The average molecular weight is 233 g/mol. The molecule has 74 valence electrons. The van der Waals surface area contributed by atoms with Crippen LogP contribution in [-0.2, 0) is 0 Å². The van der Waals surface area contributed by atoms with Crippen LogP contribution in [0, 0.1) is 15.3 Å². The van der Waals surface area contributed by atoms with Gasteiger partial charge < -0.3 is 5.73 Å². The third-order valence-corrected chi connectivity index (χ3v) is 3.26. The van der Waals surface area contributed by atoms with Crippen molar-refractivity contribution >= 4 is 29.4 Å². The molecule has 0 amide bonds. The zero-order valence-electron chi connectivity index (χ0n) is 7.68. The molecule has 3 nitrogen and oxygen atoms in total. The molecule has 1 aromatic heterocycles. The van der Waals surface area contributed by atoms with E-state index >= 15 is 0 Å². The summed E-state index contributed by atoms with van der Waals surface area (Å²) in [6.07, 6.45) is 0. The van der Waals surface area contributed by atoms with Gasteiger partial charge in [-0.1, -0.05) is 29.5 Å². The molecule has 0 spiro atoms. The van der Waals surface area contributed by atoms with E-state index in [1.165, 1.54) is 11.3 Å². The Kier molecular flexibility index (Phi) is 2.54. The lowest BCUT2D eigenvalue weighted by Crippen LogP contribution is -2.00. The SMILES string of the molecule is N#Cc1sc(=S)n(-c2ccccc2)c1N. The lowest BCUT2D eigenvalue weighted by atomic mass is 10.3. The Balaban J connectivity index is 2.70. The number of anilines is 1. The fourth-order valence-electron chi connectivity index (χ4n) is 1.29. The lowest BCUT2D eigenvalue weighted by Gasteiger charge is -2.03. The smallest absolute Gasteiger partial charge is 0.168 e. The highest BCUT2D eigenvalue weighted by atomic mass is 32.1. The quantitative estimate of drug-likeness (QED) is 0.770. The molecule has 0 fully saturated rings. The molecule has 2 rings (SSSR count). The molecular formula is C10H7N3S2. The van der Waals surface area contributed by atoms with Crippen LogP contribution in [0.15, 0.2) is 30.3 Å². The topological polar surface area (TPSA) is 54.7 Å². The van der Waals surface area contributed by atoms with Gasteiger partial charge in [-0.05, 0) is 24.4 Å². The van der Waals surface area contributed by atoms with Crippen molar-refractivity contribution in [2.24, 2.45) is 0 Å². The molecular weight excluding hydrogens is 226 g/mol. The largest absolute Gasteiger partial charge is 0.383 e. The maximum absolute atomic E-state index is 8.82. The number of para-hydroxylation sites is 1. The first-order valence-electron chi connectivity index (χ1n) is 4.21. The van der Waals surface area contributed by atoms with E-state index in [1.807, 2.05) is 36.4 Å². The van der Waals surface area contributed by atoms with Crippen LogP contribution in [-0.4, -0.2) is 4.57 Å². The molecule has 0 aliphatic heterocycles. The number of thiazole rings is 1. The molecule has 1 aromatic carbocycles. The molecule has 2 aromatic rings. The third kappa shape index (κ3) is 1.65. The number of nitrogens with two attached hydrogens (primary N) is 1. The second-order valence-corrected chi connectivity index (χ2v) is 4.51. The van der Waals surface area contributed by atoms with Crippen molar-refractivity contribution in [3.8, 4) is 11.8 Å². The highest BCUT2D eigenvalue weighted by molar-refractivity contribution is 7.73. The molecule has 0 unspecified atom stereocenters. The summed E-state index contributed by atoms with van der Waals surface area (Å²) in [5.74, 6) is 0.415. The molecule has 1 heterocycles. The molecule has 0 saturated carbocycles. The first kappa shape index (κ1) is 9.90. The monoisotopic (exact) mass is 233 g/mol. The van der Waals surface area contributed by atoms with Crippen LogP contribution in [0.5, 0.6) is 0 Å². The number of nitrogen functional groups attached to an aromatic ring is 1. The Hall–Kier alpha value is -1.64. The van der Waals surface area contributed by atoms with Crippen LogP contribution in [0.25, 0.3) is 5.69 Å². The predicted molar refractivity (Wildman–Crippen MR) is 63.6 cm³/mol. The molecule has 0 bridgehead atoms. The van der Waals surface area contributed by atoms with Gasteiger partial charge in [0.2, 0.25) is 0 Å². The van der Waals surface area contributed by atoms with Crippen molar-refractivity contribution in [2.75, 3.05) is 5.73 Å². The van der Waals surface area contributed by atoms with E-state index < -0.39 is 0 Å². The predicted octanol–water partition coefficient (Wildman–Crippen LogP) is 2.72. The van der Waals surface area contributed by atoms with Crippen molar-refractivity contribution < 1.29 is 0 Å². The highest BCUT2D eigenvalue weighted by Crippen LogP contribution is 2.24. The Morgan fingerprint density at radius 2 is 2.00 bits per heavy atom. The van der Waals surface area contributed by atoms with E-state index in [2.05, 4.69) is 0 Å². The molecule has 0 saturated heterocycles. The summed E-state index contributed by atoms with van der Waals surface area (Å²) in [6.45, 7) is 0. The molecule has 5 heteroatoms. The summed E-state index contributed by atoms with van der Waals surface area (Å²) in [5, 5.41) is 8.82. The summed E-state index contributed by atoms with van der Waals surface area (Å²) in [7, 11) is 0. The van der Waals surface area contributed by atoms with E-state index in [9.17, 15) is 0 Å².